The second-order valence-electron chi connectivity index (χ2n) is 7.88. The molecule has 0 radical (unpaired) electrons. The lowest BCUT2D eigenvalue weighted by atomic mass is 9.88. The van der Waals surface area contributed by atoms with E-state index in [1.807, 2.05) is 12.1 Å². The number of ether oxygens (including phenoxy) is 1. The van der Waals surface area contributed by atoms with Crippen LogP contribution in [-0.2, 0) is 16.1 Å². The van der Waals surface area contributed by atoms with Gasteiger partial charge in [0.1, 0.15) is 11.9 Å². The number of hydrogen-bond acceptors (Lipinski definition) is 3. The Bertz CT molecular complexity index is 624. The van der Waals surface area contributed by atoms with Crippen LogP contribution in [0.2, 0.25) is 0 Å². The smallest absolute Gasteiger partial charge is 0.249 e. The number of nitrogens with one attached hydrogen (secondary N) is 1. The van der Waals surface area contributed by atoms with Crippen molar-refractivity contribution < 1.29 is 13.9 Å². The number of rotatable bonds is 5. The monoisotopic (exact) mass is 346 g/mol. The van der Waals surface area contributed by atoms with Crippen LogP contribution in [0.1, 0.15) is 44.1 Å². The van der Waals surface area contributed by atoms with E-state index in [0.29, 0.717) is 12.5 Å². The number of benzene rings is 1. The summed E-state index contributed by atoms with van der Waals surface area (Å²) in [5, 5.41) is 3.04. The SMILES string of the molecule is O=C(NCC1CC1)[C@@H]1CCC2(CCN(Cc3ccccc3F)CC2)O1. The Labute approximate surface area is 148 Å². The number of likely N-dealkylation sites (tertiary alicyclic amines) is 1. The fraction of sp³-hybridized carbons (Fsp3) is 0.650. The van der Waals surface area contributed by atoms with Crippen molar-refractivity contribution in [1.82, 2.24) is 10.2 Å². The van der Waals surface area contributed by atoms with Gasteiger partial charge in [0, 0.05) is 31.7 Å². The van der Waals surface area contributed by atoms with E-state index in [9.17, 15) is 9.18 Å². The van der Waals surface area contributed by atoms with Gasteiger partial charge < -0.3 is 10.1 Å². The molecule has 2 aliphatic heterocycles. The molecule has 0 aromatic heterocycles. The maximum absolute atomic E-state index is 13.8. The third kappa shape index (κ3) is 4.04. The van der Waals surface area contributed by atoms with Gasteiger partial charge in [-0.1, -0.05) is 18.2 Å². The molecule has 1 spiro atoms. The topological polar surface area (TPSA) is 41.6 Å². The summed E-state index contributed by atoms with van der Waals surface area (Å²) < 4.78 is 20.0. The van der Waals surface area contributed by atoms with Crippen LogP contribution < -0.4 is 5.32 Å². The van der Waals surface area contributed by atoms with Crippen LogP contribution in [0.3, 0.4) is 0 Å². The summed E-state index contributed by atoms with van der Waals surface area (Å²) >= 11 is 0. The Morgan fingerprint density at radius 1 is 1.20 bits per heavy atom. The molecule has 1 aromatic rings. The number of carbonyl (C=O) groups is 1. The van der Waals surface area contributed by atoms with E-state index in [-0.39, 0.29) is 23.4 Å². The number of piperidine rings is 1. The Kier molecular flexibility index (Phi) is 4.78. The van der Waals surface area contributed by atoms with Crippen LogP contribution in [0.25, 0.3) is 0 Å². The van der Waals surface area contributed by atoms with Crippen LogP contribution in [0.4, 0.5) is 4.39 Å². The highest BCUT2D eigenvalue weighted by molar-refractivity contribution is 5.81. The third-order valence-corrected chi connectivity index (χ3v) is 5.93. The van der Waals surface area contributed by atoms with Gasteiger partial charge >= 0.3 is 0 Å². The number of nitrogens with zero attached hydrogens (tertiary/aromatic N) is 1. The summed E-state index contributed by atoms with van der Waals surface area (Å²) in [7, 11) is 0. The summed E-state index contributed by atoms with van der Waals surface area (Å²) in [4.78, 5) is 14.5. The fourth-order valence-corrected chi connectivity index (χ4v) is 4.03. The van der Waals surface area contributed by atoms with Crippen molar-refractivity contribution in [2.24, 2.45) is 5.92 Å². The van der Waals surface area contributed by atoms with Crippen molar-refractivity contribution >= 4 is 5.91 Å². The lowest BCUT2D eigenvalue weighted by Gasteiger charge is -2.39. The maximum atomic E-state index is 13.8. The largest absolute Gasteiger partial charge is 0.362 e. The highest BCUT2D eigenvalue weighted by Gasteiger charge is 2.44. The molecule has 136 valence electrons. The first-order valence-electron chi connectivity index (χ1n) is 9.55. The molecule has 1 aliphatic carbocycles. The summed E-state index contributed by atoms with van der Waals surface area (Å²) in [6.07, 6.45) is 5.84. The number of amides is 1. The summed E-state index contributed by atoms with van der Waals surface area (Å²) in [6, 6.07) is 6.98. The van der Waals surface area contributed by atoms with Crippen molar-refractivity contribution in [2.75, 3.05) is 19.6 Å². The van der Waals surface area contributed by atoms with Gasteiger partial charge in [0.2, 0.25) is 5.91 Å². The molecule has 1 aromatic carbocycles. The molecule has 0 bridgehead atoms. The van der Waals surface area contributed by atoms with Crippen molar-refractivity contribution in [3.05, 3.63) is 35.6 Å². The van der Waals surface area contributed by atoms with Crippen LogP contribution in [-0.4, -0.2) is 42.1 Å². The molecule has 4 nitrogen and oxygen atoms in total. The summed E-state index contributed by atoms with van der Waals surface area (Å²) in [5.41, 5.74) is 0.607. The Morgan fingerprint density at radius 2 is 1.96 bits per heavy atom. The van der Waals surface area contributed by atoms with Crippen molar-refractivity contribution in [1.29, 1.82) is 0 Å². The quantitative estimate of drug-likeness (QED) is 0.891. The fourth-order valence-electron chi connectivity index (χ4n) is 4.03. The van der Waals surface area contributed by atoms with E-state index in [4.69, 9.17) is 4.74 Å². The Hall–Kier alpha value is -1.46. The molecule has 2 heterocycles. The van der Waals surface area contributed by atoms with Crippen LogP contribution in [0, 0.1) is 11.7 Å². The van der Waals surface area contributed by atoms with Gasteiger partial charge in [-0.15, -0.1) is 0 Å². The minimum atomic E-state index is -0.281. The minimum Gasteiger partial charge on any atom is -0.362 e. The minimum absolute atomic E-state index is 0.0672. The molecular weight excluding hydrogens is 319 g/mol. The molecule has 2 saturated heterocycles. The second kappa shape index (κ2) is 7.04. The van der Waals surface area contributed by atoms with E-state index in [1.54, 1.807) is 6.07 Å². The van der Waals surface area contributed by atoms with Crippen molar-refractivity contribution in [2.45, 2.75) is 56.8 Å². The zero-order valence-corrected chi connectivity index (χ0v) is 14.7. The highest BCUT2D eigenvalue weighted by Crippen LogP contribution is 2.39. The van der Waals surface area contributed by atoms with Gasteiger partial charge in [0.15, 0.2) is 0 Å². The molecule has 25 heavy (non-hydrogen) atoms. The van der Waals surface area contributed by atoms with Crippen LogP contribution in [0.15, 0.2) is 24.3 Å². The first-order chi connectivity index (χ1) is 12.1. The van der Waals surface area contributed by atoms with Gasteiger partial charge in [0.05, 0.1) is 5.60 Å². The molecule has 0 unspecified atom stereocenters. The standard InChI is InChI=1S/C20H27FN2O2/c21-17-4-2-1-3-16(17)14-23-11-9-20(10-12-23)8-7-18(25-20)19(24)22-13-15-5-6-15/h1-4,15,18H,5-14H2,(H,22,24)/t18-/m0/s1. The van der Waals surface area contributed by atoms with E-state index in [1.165, 1.54) is 18.9 Å². The van der Waals surface area contributed by atoms with E-state index in [2.05, 4.69) is 10.2 Å². The summed E-state index contributed by atoms with van der Waals surface area (Å²) in [6.45, 7) is 3.24. The lowest BCUT2D eigenvalue weighted by Crippen LogP contribution is -2.45. The van der Waals surface area contributed by atoms with E-state index >= 15 is 0 Å². The highest BCUT2D eigenvalue weighted by atomic mass is 19.1. The predicted molar refractivity (Wildman–Crippen MR) is 93.5 cm³/mol. The van der Waals surface area contributed by atoms with Crippen molar-refractivity contribution in [3.63, 3.8) is 0 Å². The Balaban J connectivity index is 1.26. The molecule has 1 saturated carbocycles. The van der Waals surface area contributed by atoms with Crippen LogP contribution in [0.5, 0.6) is 0 Å². The molecule has 4 rings (SSSR count). The molecular formula is C20H27FN2O2. The molecule has 1 N–H and O–H groups in total. The average molecular weight is 346 g/mol. The second-order valence-corrected chi connectivity index (χ2v) is 7.88. The number of carbonyl (C=O) groups excluding carboxylic acids is 1. The predicted octanol–water partition coefficient (Wildman–Crippen LogP) is 2.87. The molecule has 3 aliphatic rings. The first-order valence-corrected chi connectivity index (χ1v) is 9.55. The zero-order valence-electron chi connectivity index (χ0n) is 14.7. The molecule has 1 amide bonds. The number of hydrogen-bond donors (Lipinski definition) is 1. The van der Waals surface area contributed by atoms with Gasteiger partial charge in [0.25, 0.3) is 0 Å². The zero-order chi connectivity index (χ0) is 17.3. The van der Waals surface area contributed by atoms with Gasteiger partial charge in [-0.05, 0) is 50.5 Å². The van der Waals surface area contributed by atoms with Gasteiger partial charge in [-0.3, -0.25) is 9.69 Å². The van der Waals surface area contributed by atoms with E-state index < -0.39 is 0 Å². The molecule has 3 fully saturated rings. The average Bonchev–Trinajstić information content (AvgIpc) is 3.37. The third-order valence-electron chi connectivity index (χ3n) is 5.93. The van der Waals surface area contributed by atoms with E-state index in [0.717, 1.165) is 50.9 Å². The van der Waals surface area contributed by atoms with Gasteiger partial charge in [-0.2, -0.15) is 0 Å². The van der Waals surface area contributed by atoms with Crippen LogP contribution >= 0.6 is 0 Å². The molecule has 1 atom stereocenters. The normalized spacial score (nSPS) is 26.0. The summed E-state index contributed by atoms with van der Waals surface area (Å²) in [5.74, 6) is 0.630. The van der Waals surface area contributed by atoms with Gasteiger partial charge in [-0.25, -0.2) is 4.39 Å². The number of halogens is 1. The van der Waals surface area contributed by atoms with Crippen molar-refractivity contribution in [3.8, 4) is 0 Å². The molecule has 5 heteroatoms. The maximum Gasteiger partial charge on any atom is 0.249 e. The lowest BCUT2D eigenvalue weighted by molar-refractivity contribution is -0.140. The Morgan fingerprint density at radius 3 is 2.68 bits per heavy atom. The first kappa shape index (κ1) is 17.0.